The molecule has 1 aliphatic heterocycles. The molecule has 0 spiro atoms. The zero-order valence-corrected chi connectivity index (χ0v) is 14.5. The van der Waals surface area contributed by atoms with Crippen LogP contribution in [-0.4, -0.2) is 40.4 Å². The molecular weight excluding hydrogens is 330 g/mol. The lowest BCUT2D eigenvalue weighted by atomic mass is 10.1. The molecule has 1 aliphatic rings. The zero-order valence-electron chi connectivity index (χ0n) is 13.7. The van der Waals surface area contributed by atoms with Gasteiger partial charge in [-0.1, -0.05) is 0 Å². The number of nitrogens with zero attached hydrogens (tertiary/aromatic N) is 1. The van der Waals surface area contributed by atoms with Crippen molar-refractivity contribution in [2.75, 3.05) is 12.9 Å². The Morgan fingerprint density at radius 1 is 1.54 bits per heavy atom. The van der Waals surface area contributed by atoms with Gasteiger partial charge in [-0.15, -0.1) is 11.8 Å². The third-order valence-electron chi connectivity index (χ3n) is 3.83. The first-order valence-electron chi connectivity index (χ1n) is 7.55. The van der Waals surface area contributed by atoms with E-state index in [0.29, 0.717) is 28.5 Å². The standard InChI is InChI=1S/C16H19N3O4S/c1-16(2)15(21)19-11(8-24-16)14(20)17-7-13-18-10-6-9(22-3)4-5-12(10)23-13/h4-6,11H,7-8H2,1-3H3,(H,17,20)(H,19,21)/t11-/m1/s1. The summed E-state index contributed by atoms with van der Waals surface area (Å²) in [4.78, 5) is 28.5. The fourth-order valence-corrected chi connectivity index (χ4v) is 3.32. The lowest BCUT2D eigenvalue weighted by molar-refractivity contribution is -0.129. The maximum atomic E-state index is 12.2. The Morgan fingerprint density at radius 3 is 3.04 bits per heavy atom. The Labute approximate surface area is 143 Å². The second kappa shape index (κ2) is 6.35. The average molecular weight is 349 g/mol. The fourth-order valence-electron chi connectivity index (χ4n) is 2.32. The summed E-state index contributed by atoms with van der Waals surface area (Å²) in [7, 11) is 1.58. The van der Waals surface area contributed by atoms with Gasteiger partial charge in [-0.2, -0.15) is 0 Å². The van der Waals surface area contributed by atoms with Crippen LogP contribution >= 0.6 is 11.8 Å². The highest BCUT2D eigenvalue weighted by atomic mass is 32.2. The molecule has 0 unspecified atom stereocenters. The normalized spacial score (nSPS) is 19.8. The molecule has 0 saturated carbocycles. The summed E-state index contributed by atoms with van der Waals surface area (Å²) in [5.41, 5.74) is 1.30. The van der Waals surface area contributed by atoms with Gasteiger partial charge in [0.05, 0.1) is 18.4 Å². The van der Waals surface area contributed by atoms with Crippen LogP contribution in [0.4, 0.5) is 0 Å². The summed E-state index contributed by atoms with van der Waals surface area (Å²) >= 11 is 1.47. The zero-order chi connectivity index (χ0) is 17.3. The number of methoxy groups -OCH3 is 1. The number of rotatable bonds is 4. The van der Waals surface area contributed by atoms with Crippen molar-refractivity contribution in [1.82, 2.24) is 15.6 Å². The van der Waals surface area contributed by atoms with E-state index >= 15 is 0 Å². The number of carbonyl (C=O) groups excluding carboxylic acids is 2. The molecule has 2 aromatic rings. The number of fused-ring (bicyclic) bond motifs is 1. The topological polar surface area (TPSA) is 93.5 Å². The van der Waals surface area contributed by atoms with Crippen molar-refractivity contribution < 1.29 is 18.7 Å². The largest absolute Gasteiger partial charge is 0.497 e. The Bertz CT molecular complexity index is 787. The Morgan fingerprint density at radius 2 is 2.33 bits per heavy atom. The van der Waals surface area contributed by atoms with Gasteiger partial charge >= 0.3 is 0 Å². The number of ether oxygens (including phenoxy) is 1. The maximum absolute atomic E-state index is 12.2. The number of aromatic nitrogens is 1. The van der Waals surface area contributed by atoms with E-state index in [1.807, 2.05) is 13.8 Å². The molecule has 1 atom stereocenters. The van der Waals surface area contributed by atoms with Crippen molar-refractivity contribution in [3.05, 3.63) is 24.1 Å². The Hall–Kier alpha value is -2.22. The number of carbonyl (C=O) groups is 2. The molecule has 1 aromatic carbocycles. The minimum absolute atomic E-state index is 0.132. The third kappa shape index (κ3) is 3.33. The van der Waals surface area contributed by atoms with Gasteiger partial charge in [0.25, 0.3) is 0 Å². The van der Waals surface area contributed by atoms with E-state index in [-0.39, 0.29) is 18.4 Å². The lowest BCUT2D eigenvalue weighted by Gasteiger charge is -2.32. The van der Waals surface area contributed by atoms with Crippen LogP contribution in [0.15, 0.2) is 22.6 Å². The lowest BCUT2D eigenvalue weighted by Crippen LogP contribution is -2.57. The molecule has 7 nitrogen and oxygen atoms in total. The minimum atomic E-state index is -0.542. The molecule has 0 bridgehead atoms. The van der Waals surface area contributed by atoms with Gasteiger partial charge in [-0.05, 0) is 26.0 Å². The van der Waals surface area contributed by atoms with E-state index in [9.17, 15) is 9.59 Å². The Kier molecular flexibility index (Phi) is 4.40. The van der Waals surface area contributed by atoms with Crippen LogP contribution in [0.3, 0.4) is 0 Å². The molecule has 128 valence electrons. The quantitative estimate of drug-likeness (QED) is 0.868. The predicted octanol–water partition coefficient (Wildman–Crippen LogP) is 1.46. The summed E-state index contributed by atoms with van der Waals surface area (Å²) in [6.45, 7) is 3.84. The van der Waals surface area contributed by atoms with Gasteiger partial charge in [0, 0.05) is 11.8 Å². The SMILES string of the molecule is COc1ccc2oc(CNC(=O)[C@H]3CSC(C)(C)C(=O)N3)nc2c1. The van der Waals surface area contributed by atoms with Crippen molar-refractivity contribution in [3.8, 4) is 5.75 Å². The molecule has 1 fully saturated rings. The van der Waals surface area contributed by atoms with Crippen LogP contribution in [0.5, 0.6) is 5.75 Å². The van der Waals surface area contributed by atoms with Crippen molar-refractivity contribution >= 4 is 34.7 Å². The molecule has 2 N–H and O–H groups in total. The van der Waals surface area contributed by atoms with E-state index in [2.05, 4.69) is 15.6 Å². The number of oxazole rings is 1. The van der Waals surface area contributed by atoms with Gasteiger partial charge in [0.1, 0.15) is 17.3 Å². The first-order chi connectivity index (χ1) is 11.4. The molecule has 24 heavy (non-hydrogen) atoms. The van der Waals surface area contributed by atoms with E-state index in [1.54, 1.807) is 25.3 Å². The predicted molar refractivity (Wildman–Crippen MR) is 90.9 cm³/mol. The van der Waals surface area contributed by atoms with Crippen LogP contribution in [-0.2, 0) is 16.1 Å². The van der Waals surface area contributed by atoms with Crippen LogP contribution in [0.1, 0.15) is 19.7 Å². The summed E-state index contributed by atoms with van der Waals surface area (Å²) in [6.07, 6.45) is 0. The monoisotopic (exact) mass is 349 g/mol. The molecule has 3 rings (SSSR count). The number of thioether (sulfide) groups is 1. The number of hydrogen-bond acceptors (Lipinski definition) is 6. The highest BCUT2D eigenvalue weighted by molar-refractivity contribution is 8.01. The summed E-state index contributed by atoms with van der Waals surface area (Å²) < 4.78 is 10.2. The highest BCUT2D eigenvalue weighted by Gasteiger charge is 2.37. The number of nitrogens with one attached hydrogen (secondary N) is 2. The average Bonchev–Trinajstić information content (AvgIpc) is 2.97. The third-order valence-corrected chi connectivity index (χ3v) is 5.24. The van der Waals surface area contributed by atoms with Crippen LogP contribution < -0.4 is 15.4 Å². The fraction of sp³-hybridized carbons (Fsp3) is 0.438. The van der Waals surface area contributed by atoms with Gasteiger partial charge in [0.2, 0.25) is 17.7 Å². The number of amides is 2. The van der Waals surface area contributed by atoms with Crippen LogP contribution in [0.2, 0.25) is 0 Å². The molecule has 2 heterocycles. The van der Waals surface area contributed by atoms with E-state index < -0.39 is 10.8 Å². The molecule has 1 saturated heterocycles. The van der Waals surface area contributed by atoms with E-state index in [4.69, 9.17) is 9.15 Å². The van der Waals surface area contributed by atoms with Crippen LogP contribution in [0, 0.1) is 0 Å². The summed E-state index contributed by atoms with van der Waals surface area (Å²) in [5.74, 6) is 1.26. The first-order valence-corrected chi connectivity index (χ1v) is 8.54. The molecule has 0 radical (unpaired) electrons. The van der Waals surface area contributed by atoms with Gasteiger partial charge < -0.3 is 19.8 Å². The van der Waals surface area contributed by atoms with Crippen molar-refractivity contribution in [2.45, 2.75) is 31.2 Å². The Balaban J connectivity index is 1.61. The number of benzene rings is 1. The van der Waals surface area contributed by atoms with Gasteiger partial charge in [-0.3, -0.25) is 9.59 Å². The molecule has 1 aromatic heterocycles. The smallest absolute Gasteiger partial charge is 0.243 e. The summed E-state index contributed by atoms with van der Waals surface area (Å²) in [6, 6.07) is 4.78. The van der Waals surface area contributed by atoms with E-state index in [0.717, 1.165) is 0 Å². The molecule has 8 heteroatoms. The second-order valence-electron chi connectivity index (χ2n) is 6.01. The molecule has 0 aliphatic carbocycles. The molecule has 2 amide bonds. The number of hydrogen-bond donors (Lipinski definition) is 2. The van der Waals surface area contributed by atoms with Crippen molar-refractivity contribution in [2.24, 2.45) is 0 Å². The first kappa shape index (κ1) is 16.6. The van der Waals surface area contributed by atoms with E-state index in [1.165, 1.54) is 11.8 Å². The highest BCUT2D eigenvalue weighted by Crippen LogP contribution is 2.29. The molecular formula is C16H19N3O4S. The van der Waals surface area contributed by atoms with Gasteiger partial charge in [-0.25, -0.2) is 4.98 Å². The minimum Gasteiger partial charge on any atom is -0.497 e. The maximum Gasteiger partial charge on any atom is 0.243 e. The van der Waals surface area contributed by atoms with Crippen LogP contribution in [0.25, 0.3) is 11.1 Å². The van der Waals surface area contributed by atoms with Crippen molar-refractivity contribution in [3.63, 3.8) is 0 Å². The van der Waals surface area contributed by atoms with Crippen molar-refractivity contribution in [1.29, 1.82) is 0 Å². The van der Waals surface area contributed by atoms with Gasteiger partial charge in [0.15, 0.2) is 5.58 Å². The summed E-state index contributed by atoms with van der Waals surface area (Å²) in [5, 5.41) is 5.50. The second-order valence-corrected chi connectivity index (χ2v) is 7.65.